The van der Waals surface area contributed by atoms with Crippen LogP contribution < -0.4 is 0 Å². The van der Waals surface area contributed by atoms with E-state index in [1.54, 1.807) is 12.1 Å². The fraction of sp³-hybridized carbons (Fsp3) is 0. The average Bonchev–Trinajstić information content (AvgIpc) is 2.58. The van der Waals surface area contributed by atoms with E-state index >= 15 is 0 Å². The molecule has 3 rings (SSSR count). The van der Waals surface area contributed by atoms with Crippen molar-refractivity contribution in [2.45, 2.75) is 0 Å². The van der Waals surface area contributed by atoms with Crippen LogP contribution in [0.15, 0.2) is 60.7 Å². The second-order valence-electron chi connectivity index (χ2n) is 4.10. The second-order valence-corrected chi connectivity index (χ2v) is 4.10. The molecule has 0 aliphatic carbocycles. The Hall–Kier alpha value is -1.70. The summed E-state index contributed by atoms with van der Waals surface area (Å²) in [6.07, 6.45) is 0. The summed E-state index contributed by atoms with van der Waals surface area (Å²) in [5.74, 6) is -0.379. The summed E-state index contributed by atoms with van der Waals surface area (Å²) in [5.41, 5.74) is 3.09. The number of aromatic nitrogens is 1. The summed E-state index contributed by atoms with van der Waals surface area (Å²) >= 11 is 3.35. The van der Waals surface area contributed by atoms with Gasteiger partial charge in [0.15, 0.2) is 0 Å². The van der Waals surface area contributed by atoms with Crippen molar-refractivity contribution in [3.63, 3.8) is 0 Å². The van der Waals surface area contributed by atoms with E-state index in [1.165, 1.54) is 6.07 Å². The Morgan fingerprint density at radius 3 is 2.19 bits per heavy atom. The van der Waals surface area contributed by atoms with Gasteiger partial charge in [0, 0.05) is 5.82 Å². The van der Waals surface area contributed by atoms with Crippen molar-refractivity contribution < 1.29 is 19.0 Å². The molecular formula is C17H10ClFNNi-2. The molecule has 1 nitrogen and oxygen atoms in total. The van der Waals surface area contributed by atoms with Gasteiger partial charge >= 0.3 is 24.8 Å². The first kappa shape index (κ1) is 15.7. The first-order chi connectivity index (χ1) is 10.3. The quantitative estimate of drug-likeness (QED) is 0.480. The van der Waals surface area contributed by atoms with Crippen LogP contribution in [0.4, 0.5) is 4.39 Å². The molecule has 0 fully saturated rings. The topological polar surface area (TPSA) is 12.9 Å². The Kier molecular flexibility index (Phi) is 5.92. The number of benzene rings is 2. The monoisotopic (exact) mass is 340 g/mol. The molecule has 0 aliphatic heterocycles. The number of halogens is 2. The van der Waals surface area contributed by atoms with E-state index in [0.717, 1.165) is 11.3 Å². The van der Waals surface area contributed by atoms with Crippen LogP contribution in [0.25, 0.3) is 22.5 Å². The Labute approximate surface area is 135 Å². The standard InChI is InChI=1S/C17H10FN.ClH.Ni/c18-15-9-4-8-14(12-15)17-11-5-10-16(19-17)13-6-2-1-3-7-13;;/h1-6,8-11H;1H;/q-2;;+1/p-1. The summed E-state index contributed by atoms with van der Waals surface area (Å²) in [6, 6.07) is 23.9. The zero-order valence-electron chi connectivity index (χ0n) is 10.8. The molecular weight excluding hydrogens is 331 g/mol. The molecule has 0 saturated carbocycles. The van der Waals surface area contributed by atoms with Crippen molar-refractivity contribution in [2.24, 2.45) is 0 Å². The molecule has 21 heavy (non-hydrogen) atoms. The third kappa shape index (κ3) is 4.13. The van der Waals surface area contributed by atoms with Crippen LogP contribution in [-0.4, -0.2) is 4.98 Å². The summed E-state index contributed by atoms with van der Waals surface area (Å²) < 4.78 is 13.2. The van der Waals surface area contributed by atoms with E-state index in [1.807, 2.05) is 42.5 Å². The molecule has 0 radical (unpaired) electrons. The summed E-state index contributed by atoms with van der Waals surface area (Å²) in [6.45, 7) is 0. The number of hydrogen-bond donors (Lipinski definition) is 0. The van der Waals surface area contributed by atoms with Gasteiger partial charge in [0.05, 0.1) is 0 Å². The van der Waals surface area contributed by atoms with Crippen LogP contribution in [-0.2, 0) is 14.6 Å². The zero-order chi connectivity index (χ0) is 15.1. The van der Waals surface area contributed by atoms with Crippen LogP contribution in [0, 0.1) is 17.9 Å². The predicted molar refractivity (Wildman–Crippen MR) is 78.6 cm³/mol. The fourth-order valence-electron chi connectivity index (χ4n) is 1.88. The van der Waals surface area contributed by atoms with Gasteiger partial charge < -0.3 is 4.98 Å². The summed E-state index contributed by atoms with van der Waals surface area (Å²) in [4.78, 5) is 4.53. The van der Waals surface area contributed by atoms with Gasteiger partial charge in [-0.05, 0) is 11.4 Å². The number of pyridine rings is 1. The first-order valence-corrected chi connectivity index (χ1v) is 7.43. The van der Waals surface area contributed by atoms with E-state index in [4.69, 9.17) is 0 Å². The molecule has 0 amide bonds. The van der Waals surface area contributed by atoms with E-state index in [0.29, 0.717) is 11.3 Å². The molecule has 1 heterocycles. The first-order valence-electron chi connectivity index (χ1n) is 6.07. The third-order valence-electron chi connectivity index (χ3n) is 2.77. The van der Waals surface area contributed by atoms with E-state index in [-0.39, 0.29) is 5.82 Å². The molecule has 0 atom stereocenters. The minimum absolute atomic E-state index is 0.379. The van der Waals surface area contributed by atoms with Crippen LogP contribution >= 0.6 is 10.2 Å². The van der Waals surface area contributed by atoms with Gasteiger partial charge in [-0.15, -0.1) is 65.7 Å². The van der Waals surface area contributed by atoms with Gasteiger partial charge in [-0.2, -0.15) is 0 Å². The Bertz CT molecular complexity index is 704. The molecule has 109 valence electrons. The van der Waals surface area contributed by atoms with Gasteiger partial charge in [0.1, 0.15) is 0 Å². The van der Waals surface area contributed by atoms with Crippen molar-refractivity contribution in [3.8, 4) is 22.5 Å². The minimum atomic E-state index is -0.379. The molecule has 2 aromatic carbocycles. The number of rotatable bonds is 2. The van der Waals surface area contributed by atoms with Crippen molar-refractivity contribution in [2.75, 3.05) is 0 Å². The molecule has 0 aliphatic rings. The van der Waals surface area contributed by atoms with Crippen molar-refractivity contribution in [1.82, 2.24) is 4.98 Å². The van der Waals surface area contributed by atoms with Gasteiger partial charge in [-0.25, -0.2) is 4.39 Å². The van der Waals surface area contributed by atoms with E-state index < -0.39 is 0 Å². The molecule has 0 spiro atoms. The third-order valence-corrected chi connectivity index (χ3v) is 2.77. The molecule has 3 aromatic rings. The summed E-state index contributed by atoms with van der Waals surface area (Å²) in [5, 5.41) is 0. The van der Waals surface area contributed by atoms with Gasteiger partial charge in [-0.3, -0.25) is 0 Å². The summed E-state index contributed by atoms with van der Waals surface area (Å²) in [7, 11) is 4.26. The normalized spacial score (nSPS) is 9.71. The van der Waals surface area contributed by atoms with Crippen LogP contribution in [0.3, 0.4) is 0 Å². The Morgan fingerprint density at radius 2 is 1.52 bits per heavy atom. The molecule has 0 N–H and O–H groups in total. The molecule has 0 bridgehead atoms. The average molecular weight is 341 g/mol. The molecule has 0 saturated heterocycles. The number of nitrogens with zero attached hydrogens (tertiary/aromatic N) is 1. The van der Waals surface area contributed by atoms with Gasteiger partial charge in [0.25, 0.3) is 0 Å². The van der Waals surface area contributed by atoms with E-state index in [9.17, 15) is 4.39 Å². The molecule has 4 heteroatoms. The van der Waals surface area contributed by atoms with E-state index in [2.05, 4.69) is 41.9 Å². The van der Waals surface area contributed by atoms with Crippen LogP contribution in [0.1, 0.15) is 0 Å². The van der Waals surface area contributed by atoms with Crippen molar-refractivity contribution >= 4 is 10.2 Å². The van der Waals surface area contributed by atoms with Gasteiger partial charge in [0.2, 0.25) is 0 Å². The van der Waals surface area contributed by atoms with Crippen LogP contribution in [0.5, 0.6) is 0 Å². The Balaban J connectivity index is 0.000000774. The molecule has 1 aromatic heterocycles. The SMILES string of the molecule is Fc1[c-]c(-c2cccc(-c3[c-]cccc3)n2)ccc1.[Cl][Ni]. The van der Waals surface area contributed by atoms with Gasteiger partial charge in [-0.1, -0.05) is 18.2 Å². The number of hydrogen-bond acceptors (Lipinski definition) is 1. The van der Waals surface area contributed by atoms with Crippen molar-refractivity contribution in [1.29, 1.82) is 0 Å². The fourth-order valence-corrected chi connectivity index (χ4v) is 1.88. The maximum atomic E-state index is 13.2. The molecule has 0 unspecified atom stereocenters. The van der Waals surface area contributed by atoms with Crippen molar-refractivity contribution in [3.05, 3.63) is 78.6 Å². The predicted octanol–water partition coefficient (Wildman–Crippen LogP) is 4.84. The maximum absolute atomic E-state index is 13.2. The Morgan fingerprint density at radius 1 is 0.857 bits per heavy atom. The van der Waals surface area contributed by atoms with Crippen LogP contribution in [0.2, 0.25) is 0 Å². The second kappa shape index (κ2) is 7.92. The zero-order valence-corrected chi connectivity index (χ0v) is 12.5.